The predicted molar refractivity (Wildman–Crippen MR) is 91.7 cm³/mol. The maximum Gasteiger partial charge on any atom is 0.191 e. The lowest BCUT2D eigenvalue weighted by Gasteiger charge is -2.36. The van der Waals surface area contributed by atoms with Gasteiger partial charge in [0.25, 0.3) is 0 Å². The monoisotopic (exact) mass is 329 g/mol. The van der Waals surface area contributed by atoms with Gasteiger partial charge in [0.2, 0.25) is 0 Å². The van der Waals surface area contributed by atoms with Gasteiger partial charge >= 0.3 is 0 Å². The maximum absolute atomic E-state index is 6.14. The SMILES string of the molecule is CC(C)(C)[Si](C)(C)OCCCCOc1cccnc1CCl. The van der Waals surface area contributed by atoms with E-state index in [4.69, 9.17) is 20.8 Å². The van der Waals surface area contributed by atoms with Crippen LogP contribution < -0.4 is 4.74 Å². The summed E-state index contributed by atoms with van der Waals surface area (Å²) < 4.78 is 11.9. The third-order valence-electron chi connectivity index (χ3n) is 4.04. The summed E-state index contributed by atoms with van der Waals surface area (Å²) in [5, 5.41) is 0.272. The van der Waals surface area contributed by atoms with Crippen molar-refractivity contribution in [3.05, 3.63) is 24.0 Å². The highest BCUT2D eigenvalue weighted by Crippen LogP contribution is 2.36. The molecule has 0 atom stereocenters. The first-order valence-corrected chi connectivity index (χ1v) is 11.0. The Balaban J connectivity index is 2.24. The van der Waals surface area contributed by atoms with E-state index in [1.165, 1.54) is 0 Å². The Bertz CT molecular complexity index is 433. The fourth-order valence-electron chi connectivity index (χ4n) is 1.59. The standard InChI is InChI=1S/C16H28ClNO2Si/c1-16(2,3)21(4,5)20-12-7-6-11-19-15-9-8-10-18-14(15)13-17/h8-10H,6-7,11-13H2,1-5H3. The number of nitrogens with zero attached hydrogens (tertiary/aromatic N) is 1. The van der Waals surface area contributed by atoms with Crippen LogP contribution in [-0.2, 0) is 10.3 Å². The van der Waals surface area contributed by atoms with E-state index in [0.717, 1.165) is 30.9 Å². The molecule has 1 aromatic heterocycles. The number of aromatic nitrogens is 1. The Morgan fingerprint density at radius 1 is 1.19 bits per heavy atom. The molecule has 0 unspecified atom stereocenters. The fourth-order valence-corrected chi connectivity index (χ4v) is 2.87. The molecular weight excluding hydrogens is 302 g/mol. The van der Waals surface area contributed by atoms with Crippen LogP contribution in [-0.4, -0.2) is 26.5 Å². The predicted octanol–water partition coefficient (Wildman–Crippen LogP) is 5.00. The van der Waals surface area contributed by atoms with Crippen LogP contribution in [0, 0.1) is 0 Å². The highest BCUT2D eigenvalue weighted by Gasteiger charge is 2.36. The molecule has 0 aliphatic rings. The lowest BCUT2D eigenvalue weighted by atomic mass is 10.2. The summed E-state index contributed by atoms with van der Waals surface area (Å²) in [4.78, 5) is 4.20. The van der Waals surface area contributed by atoms with Gasteiger partial charge in [-0.1, -0.05) is 20.8 Å². The van der Waals surface area contributed by atoms with Crippen LogP contribution in [0.1, 0.15) is 39.3 Å². The number of hydrogen-bond acceptors (Lipinski definition) is 3. The Labute approximate surface area is 135 Å². The molecule has 0 aliphatic heterocycles. The van der Waals surface area contributed by atoms with Gasteiger partial charge in [-0.3, -0.25) is 4.98 Å². The number of halogens is 1. The summed E-state index contributed by atoms with van der Waals surface area (Å²) in [5.41, 5.74) is 0.802. The van der Waals surface area contributed by atoms with Gasteiger partial charge in [0.1, 0.15) is 5.75 Å². The van der Waals surface area contributed by atoms with Gasteiger partial charge in [0, 0.05) is 12.8 Å². The largest absolute Gasteiger partial charge is 0.492 e. The molecule has 120 valence electrons. The summed E-state index contributed by atoms with van der Waals surface area (Å²) in [6.45, 7) is 12.8. The average Bonchev–Trinajstić information content (AvgIpc) is 2.41. The first kappa shape index (κ1) is 18.5. The van der Waals surface area contributed by atoms with Gasteiger partial charge in [0.05, 0.1) is 18.2 Å². The highest BCUT2D eigenvalue weighted by atomic mass is 35.5. The molecule has 0 saturated heterocycles. The smallest absolute Gasteiger partial charge is 0.191 e. The second-order valence-corrected chi connectivity index (χ2v) is 11.8. The van der Waals surface area contributed by atoms with Crippen LogP contribution in [0.2, 0.25) is 18.1 Å². The highest BCUT2D eigenvalue weighted by molar-refractivity contribution is 6.74. The fraction of sp³-hybridized carbons (Fsp3) is 0.688. The summed E-state index contributed by atoms with van der Waals surface area (Å²) in [6, 6.07) is 3.78. The molecule has 1 rings (SSSR count). The molecule has 0 fully saturated rings. The second-order valence-electron chi connectivity index (χ2n) is 6.75. The molecule has 5 heteroatoms. The third-order valence-corrected chi connectivity index (χ3v) is 8.83. The van der Waals surface area contributed by atoms with Crippen LogP contribution in [0.3, 0.4) is 0 Å². The van der Waals surface area contributed by atoms with Crippen LogP contribution in [0.15, 0.2) is 18.3 Å². The quantitative estimate of drug-likeness (QED) is 0.382. The zero-order valence-corrected chi connectivity index (χ0v) is 15.7. The van der Waals surface area contributed by atoms with E-state index < -0.39 is 8.32 Å². The van der Waals surface area contributed by atoms with Crippen molar-refractivity contribution < 1.29 is 9.16 Å². The van der Waals surface area contributed by atoms with Gasteiger partial charge < -0.3 is 9.16 Å². The molecule has 21 heavy (non-hydrogen) atoms. The Morgan fingerprint density at radius 2 is 1.86 bits per heavy atom. The van der Waals surface area contributed by atoms with Gasteiger partial charge in [0.15, 0.2) is 8.32 Å². The average molecular weight is 330 g/mol. The van der Waals surface area contributed by atoms with Crippen LogP contribution in [0.4, 0.5) is 0 Å². The van der Waals surface area contributed by atoms with E-state index in [9.17, 15) is 0 Å². The number of ether oxygens (including phenoxy) is 1. The maximum atomic E-state index is 6.14. The number of pyridine rings is 1. The Morgan fingerprint density at radius 3 is 2.48 bits per heavy atom. The van der Waals surface area contributed by atoms with E-state index in [-0.39, 0.29) is 5.04 Å². The first-order valence-electron chi connectivity index (χ1n) is 7.54. The molecule has 0 amide bonds. The minimum Gasteiger partial charge on any atom is -0.492 e. The number of hydrogen-bond donors (Lipinski definition) is 0. The molecule has 0 spiro atoms. The van der Waals surface area contributed by atoms with Crippen molar-refractivity contribution in [2.75, 3.05) is 13.2 Å². The van der Waals surface area contributed by atoms with Crippen molar-refractivity contribution in [3.63, 3.8) is 0 Å². The number of alkyl halides is 1. The Kier molecular flexibility index (Phi) is 7.17. The molecule has 3 nitrogen and oxygen atoms in total. The van der Waals surface area contributed by atoms with Gasteiger partial charge in [-0.05, 0) is 43.1 Å². The number of rotatable bonds is 8. The second kappa shape index (κ2) is 8.16. The summed E-state index contributed by atoms with van der Waals surface area (Å²) in [7, 11) is -1.61. The molecule has 0 N–H and O–H groups in total. The first-order chi connectivity index (χ1) is 9.78. The summed E-state index contributed by atoms with van der Waals surface area (Å²) in [6.07, 6.45) is 3.73. The molecule has 1 aromatic rings. The number of unbranched alkanes of at least 4 members (excludes halogenated alkanes) is 1. The van der Waals surface area contributed by atoms with E-state index in [0.29, 0.717) is 12.5 Å². The molecular formula is C16H28ClNO2Si. The molecule has 0 aliphatic carbocycles. The van der Waals surface area contributed by atoms with Gasteiger partial charge in [-0.25, -0.2) is 0 Å². The summed E-state index contributed by atoms with van der Waals surface area (Å²) >= 11 is 5.83. The zero-order chi connectivity index (χ0) is 15.9. The van der Waals surface area contributed by atoms with Crippen molar-refractivity contribution in [1.82, 2.24) is 4.98 Å². The lowest BCUT2D eigenvalue weighted by molar-refractivity contribution is 0.251. The molecule has 1 heterocycles. The Hall–Kier alpha value is -0.583. The van der Waals surface area contributed by atoms with E-state index in [2.05, 4.69) is 38.8 Å². The van der Waals surface area contributed by atoms with E-state index in [1.54, 1.807) is 6.20 Å². The van der Waals surface area contributed by atoms with Crippen LogP contribution >= 0.6 is 11.6 Å². The normalized spacial score (nSPS) is 12.5. The molecule has 0 radical (unpaired) electrons. The minimum atomic E-state index is -1.61. The van der Waals surface area contributed by atoms with Crippen molar-refractivity contribution in [3.8, 4) is 5.75 Å². The summed E-state index contributed by atoms with van der Waals surface area (Å²) in [5.74, 6) is 1.17. The molecule has 0 bridgehead atoms. The van der Waals surface area contributed by atoms with Crippen molar-refractivity contribution in [1.29, 1.82) is 0 Å². The lowest BCUT2D eigenvalue weighted by Crippen LogP contribution is -2.41. The molecule has 0 aromatic carbocycles. The minimum absolute atomic E-state index is 0.272. The van der Waals surface area contributed by atoms with Gasteiger partial charge in [-0.2, -0.15) is 0 Å². The van der Waals surface area contributed by atoms with Gasteiger partial charge in [-0.15, -0.1) is 11.6 Å². The molecule has 0 saturated carbocycles. The topological polar surface area (TPSA) is 31.4 Å². The van der Waals surface area contributed by atoms with E-state index in [1.807, 2.05) is 12.1 Å². The van der Waals surface area contributed by atoms with Crippen LogP contribution in [0.5, 0.6) is 5.75 Å². The van der Waals surface area contributed by atoms with Crippen molar-refractivity contribution >= 4 is 19.9 Å². The van der Waals surface area contributed by atoms with E-state index >= 15 is 0 Å². The third kappa shape index (κ3) is 5.97. The zero-order valence-electron chi connectivity index (χ0n) is 13.9. The van der Waals surface area contributed by atoms with Crippen molar-refractivity contribution in [2.24, 2.45) is 0 Å². The van der Waals surface area contributed by atoms with Crippen molar-refractivity contribution in [2.45, 2.75) is 57.6 Å². The van der Waals surface area contributed by atoms with Crippen LogP contribution in [0.25, 0.3) is 0 Å².